The molecule has 0 radical (unpaired) electrons. The molecule has 9 nitrogen and oxygen atoms in total. The largest absolute Gasteiger partial charge is 0.482 e. The molecule has 27 heavy (non-hydrogen) atoms. The summed E-state index contributed by atoms with van der Waals surface area (Å²) in [5.74, 6) is -0.730. The average molecular weight is 369 g/mol. The highest BCUT2D eigenvalue weighted by molar-refractivity contribution is 6.02. The molecule has 138 valence electrons. The van der Waals surface area contributed by atoms with Crippen LogP contribution in [0.15, 0.2) is 49.2 Å². The molecule has 0 N–H and O–H groups in total. The van der Waals surface area contributed by atoms with E-state index in [0.717, 1.165) is 0 Å². The molecule has 1 amide bonds. The van der Waals surface area contributed by atoms with Gasteiger partial charge in [-0.1, -0.05) is 6.08 Å². The first-order valence-electron chi connectivity index (χ1n) is 7.94. The highest BCUT2D eigenvalue weighted by atomic mass is 16.6. The molecule has 0 saturated carbocycles. The molecular weight excluding hydrogens is 354 g/mol. The summed E-state index contributed by atoms with van der Waals surface area (Å²) < 4.78 is 10.6. The van der Waals surface area contributed by atoms with E-state index in [9.17, 15) is 19.7 Å². The molecule has 1 aliphatic heterocycles. The number of ether oxygens (including phenoxy) is 2. The predicted octanol–water partition coefficient (Wildman–Crippen LogP) is 2.16. The zero-order valence-electron chi connectivity index (χ0n) is 14.2. The lowest BCUT2D eigenvalue weighted by Gasteiger charge is -2.28. The van der Waals surface area contributed by atoms with Crippen molar-refractivity contribution in [2.75, 3.05) is 24.7 Å². The maximum absolute atomic E-state index is 12.5. The number of fused-ring (bicyclic) bond motifs is 1. The van der Waals surface area contributed by atoms with Gasteiger partial charge in [0.15, 0.2) is 19.0 Å². The van der Waals surface area contributed by atoms with Crippen LogP contribution in [0.3, 0.4) is 0 Å². The van der Waals surface area contributed by atoms with Crippen LogP contribution in [0, 0.1) is 10.1 Å². The van der Waals surface area contributed by atoms with Crippen LogP contribution < -0.4 is 14.4 Å². The normalized spacial score (nSPS) is 12.7. The maximum Gasteiger partial charge on any atom is 0.406 e. The molecule has 1 aromatic carbocycles. The van der Waals surface area contributed by atoms with E-state index in [4.69, 9.17) is 9.47 Å². The van der Waals surface area contributed by atoms with Crippen LogP contribution in [0.4, 0.5) is 11.5 Å². The van der Waals surface area contributed by atoms with Gasteiger partial charge < -0.3 is 24.5 Å². The summed E-state index contributed by atoms with van der Waals surface area (Å²) in [5, 5.41) is 10.9. The first-order valence-corrected chi connectivity index (χ1v) is 7.94. The second kappa shape index (κ2) is 7.65. The van der Waals surface area contributed by atoms with Crippen molar-refractivity contribution in [3.8, 4) is 11.5 Å². The number of nitrogens with zero attached hydrogens (tertiary/aromatic N) is 3. The number of aromatic nitrogens is 1. The minimum Gasteiger partial charge on any atom is -0.482 e. The SMILES string of the molecule is C=CCN1C(=O)COc2ccc(C(=O)COc3cccnc3[N+](=O)[O-])cc21. The molecule has 0 aliphatic carbocycles. The Morgan fingerprint density at radius 2 is 2.26 bits per heavy atom. The van der Waals surface area contributed by atoms with Gasteiger partial charge in [-0.25, -0.2) is 0 Å². The van der Waals surface area contributed by atoms with Crippen molar-refractivity contribution in [1.82, 2.24) is 4.98 Å². The Morgan fingerprint density at radius 3 is 3.00 bits per heavy atom. The fraction of sp³-hybridized carbons (Fsp3) is 0.167. The molecule has 0 unspecified atom stereocenters. The number of benzene rings is 1. The molecule has 0 fully saturated rings. The third-order valence-electron chi connectivity index (χ3n) is 3.82. The number of hydrogen-bond acceptors (Lipinski definition) is 7. The number of pyridine rings is 1. The molecule has 0 atom stereocenters. The van der Waals surface area contributed by atoms with Gasteiger partial charge in [-0.2, -0.15) is 0 Å². The van der Waals surface area contributed by atoms with Crippen LogP contribution in [0.1, 0.15) is 10.4 Å². The van der Waals surface area contributed by atoms with Crippen LogP contribution in [0.2, 0.25) is 0 Å². The van der Waals surface area contributed by atoms with E-state index >= 15 is 0 Å². The second-order valence-corrected chi connectivity index (χ2v) is 5.56. The highest BCUT2D eigenvalue weighted by Crippen LogP contribution is 2.33. The van der Waals surface area contributed by atoms with Gasteiger partial charge in [0, 0.05) is 12.1 Å². The topological polar surface area (TPSA) is 112 Å². The Kier molecular flexibility index (Phi) is 5.11. The molecule has 1 aliphatic rings. The van der Waals surface area contributed by atoms with Gasteiger partial charge in [-0.3, -0.25) is 9.59 Å². The van der Waals surface area contributed by atoms with Gasteiger partial charge in [-0.15, -0.1) is 6.58 Å². The first kappa shape index (κ1) is 18.1. The van der Waals surface area contributed by atoms with Crippen LogP contribution in [-0.2, 0) is 4.79 Å². The molecule has 0 bridgehead atoms. The van der Waals surface area contributed by atoms with Crippen LogP contribution >= 0.6 is 0 Å². The predicted molar refractivity (Wildman–Crippen MR) is 95.2 cm³/mol. The molecule has 1 aromatic heterocycles. The van der Waals surface area contributed by atoms with Crippen molar-refractivity contribution in [2.24, 2.45) is 0 Å². The van der Waals surface area contributed by atoms with Gasteiger partial charge in [0.25, 0.3) is 5.91 Å². The lowest BCUT2D eigenvalue weighted by Crippen LogP contribution is -2.39. The van der Waals surface area contributed by atoms with Gasteiger partial charge >= 0.3 is 5.82 Å². The Morgan fingerprint density at radius 1 is 1.44 bits per heavy atom. The molecule has 3 rings (SSSR count). The molecule has 9 heteroatoms. The van der Waals surface area contributed by atoms with E-state index in [1.54, 1.807) is 18.2 Å². The first-order chi connectivity index (χ1) is 13.0. The summed E-state index contributed by atoms with van der Waals surface area (Å²) >= 11 is 0. The van der Waals surface area contributed by atoms with Crippen molar-refractivity contribution in [3.63, 3.8) is 0 Å². The van der Waals surface area contributed by atoms with Crippen LogP contribution in [-0.4, -0.2) is 41.4 Å². The quantitative estimate of drug-likeness (QED) is 0.318. The van der Waals surface area contributed by atoms with Crippen molar-refractivity contribution in [1.29, 1.82) is 0 Å². The second-order valence-electron chi connectivity index (χ2n) is 5.56. The molecule has 2 heterocycles. The fourth-order valence-electron chi connectivity index (χ4n) is 2.56. The average Bonchev–Trinajstić information content (AvgIpc) is 2.68. The monoisotopic (exact) mass is 369 g/mol. The van der Waals surface area contributed by atoms with E-state index in [-0.39, 0.29) is 30.4 Å². The number of carbonyl (C=O) groups excluding carboxylic acids is 2. The number of hydrogen-bond donors (Lipinski definition) is 0. The van der Waals surface area contributed by atoms with Gasteiger partial charge in [0.2, 0.25) is 5.75 Å². The van der Waals surface area contributed by atoms with E-state index in [1.807, 2.05) is 0 Å². The lowest BCUT2D eigenvalue weighted by molar-refractivity contribution is -0.390. The standard InChI is InChI=1S/C18H15N3O6/c1-2-8-20-13-9-12(5-6-15(13)27-11-17(20)23)14(22)10-26-16-4-3-7-19-18(16)21(24)25/h2-7,9H,1,8,10-11H2. The molecule has 0 saturated heterocycles. The number of Topliss-reactive ketones (excluding diaryl/α,β-unsaturated/α-hetero) is 1. The van der Waals surface area contributed by atoms with E-state index in [1.165, 1.54) is 29.3 Å². The van der Waals surface area contributed by atoms with E-state index in [2.05, 4.69) is 11.6 Å². The summed E-state index contributed by atoms with van der Waals surface area (Å²) in [5.41, 5.74) is 0.747. The lowest BCUT2D eigenvalue weighted by atomic mass is 10.1. The number of nitro groups is 1. The molecular formula is C18H15N3O6. The Balaban J connectivity index is 1.79. The fourth-order valence-corrected chi connectivity index (χ4v) is 2.56. The number of amides is 1. The van der Waals surface area contributed by atoms with E-state index < -0.39 is 23.1 Å². The molecule has 2 aromatic rings. The minimum absolute atomic E-state index is 0.0814. The number of rotatable bonds is 7. The maximum atomic E-state index is 12.5. The molecule has 0 spiro atoms. The zero-order valence-corrected chi connectivity index (χ0v) is 14.2. The Hall–Kier alpha value is -3.75. The van der Waals surface area contributed by atoms with Gasteiger partial charge in [-0.05, 0) is 40.2 Å². The minimum atomic E-state index is -0.686. The third-order valence-corrected chi connectivity index (χ3v) is 3.82. The van der Waals surface area contributed by atoms with Crippen molar-refractivity contribution >= 4 is 23.2 Å². The summed E-state index contributed by atoms with van der Waals surface area (Å²) in [7, 11) is 0. The Labute approximate surface area is 154 Å². The van der Waals surface area contributed by atoms with Gasteiger partial charge in [0.05, 0.1) is 5.69 Å². The van der Waals surface area contributed by atoms with Crippen molar-refractivity contribution in [2.45, 2.75) is 0 Å². The zero-order chi connectivity index (χ0) is 19.4. The highest BCUT2D eigenvalue weighted by Gasteiger charge is 2.26. The van der Waals surface area contributed by atoms with Gasteiger partial charge in [0.1, 0.15) is 11.9 Å². The summed E-state index contributed by atoms with van der Waals surface area (Å²) in [6, 6.07) is 7.51. The summed E-state index contributed by atoms with van der Waals surface area (Å²) in [6.45, 7) is 3.41. The smallest absolute Gasteiger partial charge is 0.406 e. The number of carbonyl (C=O) groups is 2. The summed E-state index contributed by atoms with van der Waals surface area (Å²) in [4.78, 5) is 39.8. The van der Waals surface area contributed by atoms with Crippen LogP contribution in [0.5, 0.6) is 11.5 Å². The number of anilines is 1. The van der Waals surface area contributed by atoms with Crippen molar-refractivity contribution < 1.29 is 24.0 Å². The summed E-state index contributed by atoms with van der Waals surface area (Å²) in [6.07, 6.45) is 2.84. The Bertz CT molecular complexity index is 927. The van der Waals surface area contributed by atoms with Crippen molar-refractivity contribution in [3.05, 3.63) is 64.9 Å². The van der Waals surface area contributed by atoms with E-state index in [0.29, 0.717) is 11.4 Å². The third kappa shape index (κ3) is 3.76. The van der Waals surface area contributed by atoms with Crippen LogP contribution in [0.25, 0.3) is 0 Å². The number of ketones is 1.